The number of nitrogens with zero attached hydrogens (tertiary/aromatic N) is 1. The van der Waals surface area contributed by atoms with Gasteiger partial charge in [-0.05, 0) is 19.3 Å². The van der Waals surface area contributed by atoms with Gasteiger partial charge in [0.2, 0.25) is 0 Å². The van der Waals surface area contributed by atoms with Crippen molar-refractivity contribution in [3.05, 3.63) is 10.7 Å². The maximum absolute atomic E-state index is 8.92. The maximum Gasteiger partial charge on any atom is 0.0656 e. The summed E-state index contributed by atoms with van der Waals surface area (Å²) in [7, 11) is 0. The van der Waals surface area contributed by atoms with Crippen molar-refractivity contribution in [1.29, 1.82) is 5.26 Å². The van der Waals surface area contributed by atoms with Gasteiger partial charge < -0.3 is 5.32 Å². The Labute approximate surface area is 87.1 Å². The molecule has 1 heterocycles. The predicted octanol–water partition coefficient (Wildman–Crippen LogP) is 2.52. The first-order valence-corrected chi connectivity index (χ1v) is 5.62. The van der Waals surface area contributed by atoms with Gasteiger partial charge in [-0.1, -0.05) is 22.4 Å². The first-order chi connectivity index (χ1) is 6.31. The number of nitrogens with one attached hydrogen (secondary N) is 1. The number of fused-ring (bicyclic) bond motifs is 1. The van der Waals surface area contributed by atoms with Gasteiger partial charge in [0.15, 0.2) is 0 Å². The number of nitriles is 1. The van der Waals surface area contributed by atoms with Crippen LogP contribution in [0.3, 0.4) is 0 Å². The molecule has 2 aliphatic rings. The lowest BCUT2D eigenvalue weighted by molar-refractivity contribution is 0.437. The van der Waals surface area contributed by atoms with E-state index in [0.717, 1.165) is 12.8 Å². The SMILES string of the molecule is N#C[C@@H]1CCCC2NC=C(Br)C2C1. The number of rotatable bonds is 0. The lowest BCUT2D eigenvalue weighted by Crippen LogP contribution is -2.26. The molecule has 0 aromatic carbocycles. The summed E-state index contributed by atoms with van der Waals surface area (Å²) < 4.78 is 1.25. The van der Waals surface area contributed by atoms with Gasteiger partial charge in [0.1, 0.15) is 0 Å². The highest BCUT2D eigenvalue weighted by Gasteiger charge is 2.32. The van der Waals surface area contributed by atoms with Crippen molar-refractivity contribution < 1.29 is 0 Å². The molecule has 2 rings (SSSR count). The molecule has 3 atom stereocenters. The number of hydrogen-bond donors (Lipinski definition) is 1. The van der Waals surface area contributed by atoms with E-state index in [1.165, 1.54) is 17.3 Å². The topological polar surface area (TPSA) is 35.8 Å². The van der Waals surface area contributed by atoms with E-state index in [2.05, 4.69) is 33.5 Å². The molecule has 0 bridgehead atoms. The first kappa shape index (κ1) is 9.08. The van der Waals surface area contributed by atoms with E-state index in [1.54, 1.807) is 0 Å². The van der Waals surface area contributed by atoms with Crippen LogP contribution in [0.5, 0.6) is 0 Å². The minimum absolute atomic E-state index is 0.260. The summed E-state index contributed by atoms with van der Waals surface area (Å²) in [6, 6.07) is 2.98. The Morgan fingerprint density at radius 3 is 3.15 bits per heavy atom. The number of hydrogen-bond acceptors (Lipinski definition) is 2. The summed E-state index contributed by atoms with van der Waals surface area (Å²) >= 11 is 3.56. The average Bonchev–Trinajstić information content (AvgIpc) is 2.41. The molecule has 1 aliphatic heterocycles. The Morgan fingerprint density at radius 1 is 1.54 bits per heavy atom. The molecule has 13 heavy (non-hydrogen) atoms. The molecule has 1 N–H and O–H groups in total. The molecule has 0 amide bonds. The van der Waals surface area contributed by atoms with E-state index < -0.39 is 0 Å². The van der Waals surface area contributed by atoms with Crippen molar-refractivity contribution in [1.82, 2.24) is 5.32 Å². The molecule has 70 valence electrons. The Morgan fingerprint density at radius 2 is 2.38 bits per heavy atom. The highest BCUT2D eigenvalue weighted by atomic mass is 79.9. The third kappa shape index (κ3) is 1.73. The van der Waals surface area contributed by atoms with Gasteiger partial charge in [0, 0.05) is 28.6 Å². The second kappa shape index (κ2) is 3.71. The van der Waals surface area contributed by atoms with Gasteiger partial charge in [-0.15, -0.1) is 0 Å². The van der Waals surface area contributed by atoms with E-state index in [-0.39, 0.29) is 5.92 Å². The van der Waals surface area contributed by atoms with Crippen LogP contribution in [0.25, 0.3) is 0 Å². The van der Waals surface area contributed by atoms with Crippen LogP contribution in [0.4, 0.5) is 0 Å². The summed E-state index contributed by atoms with van der Waals surface area (Å²) in [6.07, 6.45) is 6.53. The van der Waals surface area contributed by atoms with Gasteiger partial charge in [-0.3, -0.25) is 0 Å². The van der Waals surface area contributed by atoms with Crippen LogP contribution in [-0.4, -0.2) is 6.04 Å². The van der Waals surface area contributed by atoms with Gasteiger partial charge in [-0.2, -0.15) is 5.26 Å². The Bertz CT molecular complexity index is 267. The minimum Gasteiger partial charge on any atom is -0.387 e. The van der Waals surface area contributed by atoms with Crippen molar-refractivity contribution in [2.75, 3.05) is 0 Å². The average molecular weight is 241 g/mol. The second-order valence-corrected chi connectivity index (χ2v) is 4.82. The van der Waals surface area contributed by atoms with Crippen LogP contribution in [-0.2, 0) is 0 Å². The Kier molecular flexibility index (Phi) is 2.59. The van der Waals surface area contributed by atoms with E-state index in [0.29, 0.717) is 12.0 Å². The fraction of sp³-hybridized carbons (Fsp3) is 0.700. The van der Waals surface area contributed by atoms with Gasteiger partial charge in [0.05, 0.1) is 6.07 Å². The molecule has 1 fully saturated rings. The fourth-order valence-corrected chi connectivity index (χ4v) is 2.93. The van der Waals surface area contributed by atoms with Crippen molar-refractivity contribution in [2.24, 2.45) is 11.8 Å². The third-order valence-corrected chi connectivity index (χ3v) is 3.88. The molecule has 3 heteroatoms. The second-order valence-electron chi connectivity index (χ2n) is 3.90. The Balaban J connectivity index is 2.10. The summed E-state index contributed by atoms with van der Waals surface area (Å²) in [6.45, 7) is 0. The quantitative estimate of drug-likeness (QED) is 0.707. The van der Waals surface area contributed by atoms with Crippen LogP contribution in [0, 0.1) is 23.2 Å². The lowest BCUT2D eigenvalue weighted by Gasteiger charge is -2.18. The lowest BCUT2D eigenvalue weighted by atomic mass is 9.93. The molecule has 1 saturated carbocycles. The molecule has 0 saturated heterocycles. The molecule has 0 aromatic rings. The van der Waals surface area contributed by atoms with E-state index in [9.17, 15) is 0 Å². The van der Waals surface area contributed by atoms with Crippen LogP contribution in [0.15, 0.2) is 10.7 Å². The first-order valence-electron chi connectivity index (χ1n) is 4.82. The molecule has 0 spiro atoms. The fourth-order valence-electron chi connectivity index (χ4n) is 2.29. The standard InChI is InChI=1S/C10H13BrN2/c11-9-6-13-10-3-1-2-7(5-12)4-8(9)10/h6-8,10,13H,1-4H2/t7-,8?,10?/m1/s1. The highest BCUT2D eigenvalue weighted by Crippen LogP contribution is 2.37. The van der Waals surface area contributed by atoms with E-state index >= 15 is 0 Å². The van der Waals surface area contributed by atoms with Crippen molar-refractivity contribution in [3.8, 4) is 6.07 Å². The van der Waals surface area contributed by atoms with Crippen LogP contribution < -0.4 is 5.32 Å². The molecule has 2 unspecified atom stereocenters. The van der Waals surface area contributed by atoms with Crippen LogP contribution >= 0.6 is 15.9 Å². The van der Waals surface area contributed by atoms with Crippen molar-refractivity contribution in [3.63, 3.8) is 0 Å². The largest absolute Gasteiger partial charge is 0.387 e. The molecule has 0 aromatic heterocycles. The monoisotopic (exact) mass is 240 g/mol. The van der Waals surface area contributed by atoms with Crippen LogP contribution in [0.1, 0.15) is 25.7 Å². The van der Waals surface area contributed by atoms with Crippen LogP contribution in [0.2, 0.25) is 0 Å². The Hall–Kier alpha value is -0.490. The molecular weight excluding hydrogens is 228 g/mol. The van der Waals surface area contributed by atoms with Gasteiger partial charge in [-0.25, -0.2) is 0 Å². The van der Waals surface area contributed by atoms with E-state index in [4.69, 9.17) is 5.26 Å². The normalized spacial score (nSPS) is 38.2. The molecular formula is C10H13BrN2. The van der Waals surface area contributed by atoms with Crippen molar-refractivity contribution in [2.45, 2.75) is 31.7 Å². The minimum atomic E-state index is 0.260. The molecule has 0 radical (unpaired) electrons. The smallest absolute Gasteiger partial charge is 0.0656 e. The summed E-state index contributed by atoms with van der Waals surface area (Å²) in [4.78, 5) is 0. The van der Waals surface area contributed by atoms with Gasteiger partial charge >= 0.3 is 0 Å². The zero-order valence-electron chi connectivity index (χ0n) is 7.46. The summed E-state index contributed by atoms with van der Waals surface area (Å²) in [5, 5.41) is 12.3. The number of halogens is 1. The highest BCUT2D eigenvalue weighted by molar-refractivity contribution is 9.11. The molecule has 1 aliphatic carbocycles. The van der Waals surface area contributed by atoms with Crippen molar-refractivity contribution >= 4 is 15.9 Å². The van der Waals surface area contributed by atoms with E-state index in [1.807, 2.05) is 0 Å². The predicted molar refractivity (Wildman–Crippen MR) is 55.0 cm³/mol. The third-order valence-electron chi connectivity index (χ3n) is 3.06. The zero-order valence-corrected chi connectivity index (χ0v) is 9.05. The summed E-state index contributed by atoms with van der Waals surface area (Å²) in [5.41, 5.74) is 0. The zero-order chi connectivity index (χ0) is 9.26. The summed E-state index contributed by atoms with van der Waals surface area (Å²) in [5.74, 6) is 0.808. The molecule has 2 nitrogen and oxygen atoms in total. The maximum atomic E-state index is 8.92. The van der Waals surface area contributed by atoms with Gasteiger partial charge in [0.25, 0.3) is 0 Å².